The van der Waals surface area contributed by atoms with Crippen molar-refractivity contribution >= 4 is 11.9 Å². The number of carbonyl (C=O) groups excluding carboxylic acids is 1. The van der Waals surface area contributed by atoms with E-state index >= 15 is 0 Å². The van der Waals surface area contributed by atoms with E-state index in [-0.39, 0.29) is 12.0 Å². The van der Waals surface area contributed by atoms with Gasteiger partial charge in [-0.25, -0.2) is 0 Å². The van der Waals surface area contributed by atoms with Crippen LogP contribution in [0.15, 0.2) is 36.7 Å². The Morgan fingerprint density at radius 3 is 2.62 bits per heavy atom. The van der Waals surface area contributed by atoms with Gasteiger partial charge in [0.2, 0.25) is 5.95 Å². The molecule has 0 bridgehead atoms. The fraction of sp³-hybridized carbons (Fsp3) is 0.500. The van der Waals surface area contributed by atoms with E-state index in [9.17, 15) is 4.79 Å². The first-order valence-corrected chi connectivity index (χ1v) is 8.66. The average molecular weight is 328 g/mol. The topological polar surface area (TPSA) is 69.0 Å². The van der Waals surface area contributed by atoms with Crippen LogP contribution in [0.2, 0.25) is 0 Å². The molecule has 6 heteroatoms. The van der Waals surface area contributed by atoms with Gasteiger partial charge >= 0.3 is 0 Å². The third kappa shape index (κ3) is 4.20. The molecule has 128 valence electrons. The molecular weight excluding hydrogens is 304 g/mol. The van der Waals surface area contributed by atoms with E-state index in [2.05, 4.69) is 15.5 Å². The minimum Gasteiger partial charge on any atom is -0.365 e. The summed E-state index contributed by atoms with van der Waals surface area (Å²) >= 11 is 0. The number of nitrogens with zero attached hydrogens (tertiary/aromatic N) is 3. The lowest BCUT2D eigenvalue weighted by Crippen LogP contribution is -2.32. The summed E-state index contributed by atoms with van der Waals surface area (Å²) in [7, 11) is 0. The standard InChI is InChI=1S/C18H24N4O2/c1-14(24-16-11-7-2-3-8-12-16)17(23)20-18-21-19-13-22(18)15-9-5-4-6-10-15/h4-6,9-10,13-14,16H,2-3,7-8,11-12H2,1H3,(H,20,21,23). The SMILES string of the molecule is CC(OC1CCCCCC1)C(=O)Nc1nncn1-c1ccccc1. The van der Waals surface area contributed by atoms with E-state index in [0.717, 1.165) is 18.5 Å². The summed E-state index contributed by atoms with van der Waals surface area (Å²) in [5, 5.41) is 10.7. The van der Waals surface area contributed by atoms with Crippen LogP contribution in [0.25, 0.3) is 5.69 Å². The largest absolute Gasteiger partial charge is 0.365 e. The zero-order valence-corrected chi connectivity index (χ0v) is 14.0. The molecule has 1 aromatic heterocycles. The maximum absolute atomic E-state index is 12.4. The third-order valence-electron chi connectivity index (χ3n) is 4.39. The smallest absolute Gasteiger partial charge is 0.255 e. The molecule has 0 spiro atoms. The van der Waals surface area contributed by atoms with E-state index in [1.807, 2.05) is 30.3 Å². The number of hydrogen-bond acceptors (Lipinski definition) is 4. The highest BCUT2D eigenvalue weighted by Crippen LogP contribution is 2.21. The van der Waals surface area contributed by atoms with E-state index in [0.29, 0.717) is 5.95 Å². The Labute approximate surface area is 142 Å². The van der Waals surface area contributed by atoms with Crippen molar-refractivity contribution in [2.45, 2.75) is 57.7 Å². The lowest BCUT2D eigenvalue weighted by molar-refractivity contribution is -0.130. The highest BCUT2D eigenvalue weighted by atomic mass is 16.5. The number of ether oxygens (including phenoxy) is 1. The molecule has 24 heavy (non-hydrogen) atoms. The summed E-state index contributed by atoms with van der Waals surface area (Å²) in [6, 6.07) is 9.67. The summed E-state index contributed by atoms with van der Waals surface area (Å²) in [6.45, 7) is 1.80. The maximum atomic E-state index is 12.4. The fourth-order valence-corrected chi connectivity index (χ4v) is 3.04. The van der Waals surface area contributed by atoms with Gasteiger partial charge in [0.1, 0.15) is 12.4 Å². The molecule has 1 saturated carbocycles. The van der Waals surface area contributed by atoms with Crippen LogP contribution < -0.4 is 5.32 Å². The Balaban J connectivity index is 1.61. The molecule has 0 radical (unpaired) electrons. The summed E-state index contributed by atoms with van der Waals surface area (Å²) < 4.78 is 7.70. The van der Waals surface area contributed by atoms with Gasteiger partial charge in [-0.05, 0) is 31.9 Å². The van der Waals surface area contributed by atoms with Crippen molar-refractivity contribution in [1.29, 1.82) is 0 Å². The molecule has 6 nitrogen and oxygen atoms in total. The van der Waals surface area contributed by atoms with E-state index < -0.39 is 6.10 Å². The van der Waals surface area contributed by atoms with Crippen molar-refractivity contribution in [2.24, 2.45) is 0 Å². The van der Waals surface area contributed by atoms with Crippen LogP contribution in [0.5, 0.6) is 0 Å². The van der Waals surface area contributed by atoms with Crippen molar-refractivity contribution in [1.82, 2.24) is 14.8 Å². The maximum Gasteiger partial charge on any atom is 0.255 e. The van der Waals surface area contributed by atoms with Crippen molar-refractivity contribution < 1.29 is 9.53 Å². The lowest BCUT2D eigenvalue weighted by atomic mass is 10.1. The van der Waals surface area contributed by atoms with Gasteiger partial charge in [-0.15, -0.1) is 10.2 Å². The molecule has 0 aliphatic heterocycles. The zero-order chi connectivity index (χ0) is 16.8. The number of rotatable bonds is 5. The molecule has 1 aliphatic carbocycles. The minimum atomic E-state index is -0.506. The predicted molar refractivity (Wildman–Crippen MR) is 92.0 cm³/mol. The van der Waals surface area contributed by atoms with E-state index in [1.165, 1.54) is 25.7 Å². The Morgan fingerprint density at radius 2 is 1.92 bits per heavy atom. The molecule has 1 aromatic carbocycles. The van der Waals surface area contributed by atoms with E-state index in [4.69, 9.17) is 4.74 Å². The number of carbonyl (C=O) groups is 1. The first-order valence-electron chi connectivity index (χ1n) is 8.66. The predicted octanol–water partition coefficient (Wildman–Crippen LogP) is 3.33. The molecule has 3 rings (SSSR count). The Kier molecular flexibility index (Phi) is 5.59. The van der Waals surface area contributed by atoms with Crippen LogP contribution in [-0.2, 0) is 9.53 Å². The van der Waals surface area contributed by atoms with Crippen molar-refractivity contribution in [3.63, 3.8) is 0 Å². The molecule has 1 atom stereocenters. The van der Waals surface area contributed by atoms with Crippen molar-refractivity contribution in [3.8, 4) is 5.69 Å². The zero-order valence-electron chi connectivity index (χ0n) is 14.0. The van der Waals surface area contributed by atoms with Crippen LogP contribution in [0.4, 0.5) is 5.95 Å². The number of nitrogens with one attached hydrogen (secondary N) is 1. The number of hydrogen-bond donors (Lipinski definition) is 1. The summed E-state index contributed by atoms with van der Waals surface area (Å²) in [6.07, 6.45) is 8.23. The minimum absolute atomic E-state index is 0.181. The third-order valence-corrected chi connectivity index (χ3v) is 4.39. The van der Waals surface area contributed by atoms with E-state index in [1.54, 1.807) is 17.8 Å². The second kappa shape index (κ2) is 8.06. The summed E-state index contributed by atoms with van der Waals surface area (Å²) in [5.41, 5.74) is 0.898. The van der Waals surface area contributed by atoms with Gasteiger partial charge in [0.15, 0.2) is 0 Å². The van der Waals surface area contributed by atoms with Crippen molar-refractivity contribution in [2.75, 3.05) is 5.32 Å². The number of benzene rings is 1. The fourth-order valence-electron chi connectivity index (χ4n) is 3.04. The van der Waals surface area contributed by atoms with Gasteiger partial charge in [0.25, 0.3) is 5.91 Å². The second-order valence-electron chi connectivity index (χ2n) is 6.24. The number of amides is 1. The monoisotopic (exact) mass is 328 g/mol. The van der Waals surface area contributed by atoms with Gasteiger partial charge in [-0.1, -0.05) is 43.9 Å². The van der Waals surface area contributed by atoms with Crippen LogP contribution in [0.1, 0.15) is 45.4 Å². The lowest BCUT2D eigenvalue weighted by Gasteiger charge is -2.20. The van der Waals surface area contributed by atoms with Gasteiger partial charge in [-0.2, -0.15) is 0 Å². The second-order valence-corrected chi connectivity index (χ2v) is 6.24. The molecule has 1 amide bonds. The van der Waals surface area contributed by atoms with Crippen LogP contribution in [-0.4, -0.2) is 32.9 Å². The van der Waals surface area contributed by atoms with Crippen LogP contribution in [0, 0.1) is 0 Å². The highest BCUT2D eigenvalue weighted by molar-refractivity contribution is 5.92. The summed E-state index contributed by atoms with van der Waals surface area (Å²) in [5.74, 6) is 0.215. The quantitative estimate of drug-likeness (QED) is 0.855. The first kappa shape index (κ1) is 16.6. The van der Waals surface area contributed by atoms with Gasteiger partial charge in [0.05, 0.1) is 11.8 Å². The normalized spacial score (nSPS) is 17.2. The Hall–Kier alpha value is -2.21. The Bertz CT molecular complexity index is 648. The molecule has 1 unspecified atom stereocenters. The number of aromatic nitrogens is 3. The van der Waals surface area contributed by atoms with Crippen LogP contribution >= 0.6 is 0 Å². The molecule has 2 aromatic rings. The molecular formula is C18H24N4O2. The van der Waals surface area contributed by atoms with Crippen molar-refractivity contribution in [3.05, 3.63) is 36.7 Å². The molecule has 1 fully saturated rings. The molecule has 1 aliphatic rings. The van der Waals surface area contributed by atoms with Gasteiger partial charge < -0.3 is 4.74 Å². The Morgan fingerprint density at radius 1 is 1.21 bits per heavy atom. The number of para-hydroxylation sites is 1. The molecule has 1 heterocycles. The van der Waals surface area contributed by atoms with Gasteiger partial charge in [0, 0.05) is 0 Å². The highest BCUT2D eigenvalue weighted by Gasteiger charge is 2.22. The van der Waals surface area contributed by atoms with Crippen LogP contribution in [0.3, 0.4) is 0 Å². The summed E-state index contributed by atoms with van der Waals surface area (Å²) in [4.78, 5) is 12.4. The molecule has 0 saturated heterocycles. The average Bonchev–Trinajstić information content (AvgIpc) is 2.91. The molecule has 1 N–H and O–H groups in total. The first-order chi connectivity index (χ1) is 11.7. The van der Waals surface area contributed by atoms with Gasteiger partial charge in [-0.3, -0.25) is 14.7 Å². The number of anilines is 1.